The van der Waals surface area contributed by atoms with Crippen molar-refractivity contribution in [3.05, 3.63) is 65.2 Å². The van der Waals surface area contributed by atoms with Gasteiger partial charge in [-0.3, -0.25) is 19.4 Å². The predicted octanol–water partition coefficient (Wildman–Crippen LogP) is 2.60. The Balaban J connectivity index is 1.40. The highest BCUT2D eigenvalue weighted by Crippen LogP contribution is 2.21. The van der Waals surface area contributed by atoms with Crippen LogP contribution in [0.15, 0.2) is 54.6 Å². The molecule has 1 saturated heterocycles. The molecule has 1 heterocycles. The maximum atomic E-state index is 12.6. The van der Waals surface area contributed by atoms with E-state index in [1.165, 1.54) is 0 Å². The van der Waals surface area contributed by atoms with Gasteiger partial charge >= 0.3 is 0 Å². The summed E-state index contributed by atoms with van der Waals surface area (Å²) < 4.78 is 0. The lowest BCUT2D eigenvalue weighted by Crippen LogP contribution is -2.54. The largest absolute Gasteiger partial charge is 0.351 e. The molecule has 3 rings (SSSR count). The summed E-state index contributed by atoms with van der Waals surface area (Å²) in [5.41, 5.74) is 1.71. The average molecular weight is 415 g/mol. The van der Waals surface area contributed by atoms with Crippen molar-refractivity contribution in [2.24, 2.45) is 0 Å². The van der Waals surface area contributed by atoms with Gasteiger partial charge in [-0.25, -0.2) is 0 Å². The first-order valence-electron chi connectivity index (χ1n) is 9.85. The maximum absolute atomic E-state index is 12.6. The van der Waals surface area contributed by atoms with Crippen molar-refractivity contribution in [3.63, 3.8) is 0 Å². The van der Waals surface area contributed by atoms with E-state index in [1.54, 1.807) is 12.1 Å². The number of piperazine rings is 1. The van der Waals surface area contributed by atoms with Crippen LogP contribution in [-0.2, 0) is 16.1 Å². The van der Waals surface area contributed by atoms with Crippen LogP contribution in [0, 0.1) is 0 Å². The molecule has 29 heavy (non-hydrogen) atoms. The fraction of sp³-hybridized carbons (Fsp3) is 0.364. The van der Waals surface area contributed by atoms with Gasteiger partial charge in [0.25, 0.3) is 0 Å². The Kier molecular flexibility index (Phi) is 7.63. The van der Waals surface area contributed by atoms with Gasteiger partial charge in [-0.15, -0.1) is 0 Å². The summed E-state index contributed by atoms with van der Waals surface area (Å²) in [7, 11) is 0. The third-order valence-electron chi connectivity index (χ3n) is 5.17. The zero-order valence-corrected chi connectivity index (χ0v) is 17.4. The molecule has 2 aromatic carbocycles. The molecule has 1 aliphatic rings. The lowest BCUT2D eigenvalue weighted by atomic mass is 10.2. The molecule has 2 N–H and O–H groups in total. The second kappa shape index (κ2) is 10.4. The van der Waals surface area contributed by atoms with E-state index in [4.69, 9.17) is 11.6 Å². The zero-order chi connectivity index (χ0) is 20.6. The smallest absolute Gasteiger partial charge is 0.241 e. The Morgan fingerprint density at radius 1 is 1.00 bits per heavy atom. The van der Waals surface area contributed by atoms with Crippen molar-refractivity contribution < 1.29 is 9.59 Å². The van der Waals surface area contributed by atoms with Gasteiger partial charge in [0.1, 0.15) is 0 Å². The van der Waals surface area contributed by atoms with Crippen LogP contribution in [0.3, 0.4) is 0 Å². The molecule has 1 atom stereocenters. The van der Waals surface area contributed by atoms with Crippen LogP contribution in [0.2, 0.25) is 5.02 Å². The number of para-hydroxylation sites is 1. The molecule has 7 heteroatoms. The highest BCUT2D eigenvalue weighted by atomic mass is 35.5. The van der Waals surface area contributed by atoms with Crippen LogP contribution in [0.1, 0.15) is 12.5 Å². The third kappa shape index (κ3) is 6.29. The van der Waals surface area contributed by atoms with Crippen molar-refractivity contribution in [3.8, 4) is 0 Å². The van der Waals surface area contributed by atoms with E-state index in [2.05, 4.69) is 20.4 Å². The molecule has 0 spiro atoms. The van der Waals surface area contributed by atoms with Crippen LogP contribution >= 0.6 is 11.6 Å². The third-order valence-corrected chi connectivity index (χ3v) is 5.50. The summed E-state index contributed by atoms with van der Waals surface area (Å²) in [6.45, 7) is 5.80. The van der Waals surface area contributed by atoms with E-state index in [-0.39, 0.29) is 17.9 Å². The number of hydrogen-bond acceptors (Lipinski definition) is 4. The predicted molar refractivity (Wildman–Crippen MR) is 116 cm³/mol. The van der Waals surface area contributed by atoms with Crippen LogP contribution in [0.4, 0.5) is 5.69 Å². The average Bonchev–Trinajstić information content (AvgIpc) is 2.74. The fourth-order valence-corrected chi connectivity index (χ4v) is 3.51. The minimum Gasteiger partial charge on any atom is -0.351 e. The standard InChI is InChI=1S/C22H27ClN4O2/c1-17(22(29)25-20-10-6-5-9-19(20)23)27-13-11-26(12-14-27)16-21(28)24-15-18-7-3-2-4-8-18/h2-10,17H,11-16H2,1H3,(H,24,28)(H,25,29)/t17-/m0/s1. The van der Waals surface area contributed by atoms with Crippen LogP contribution in [0.5, 0.6) is 0 Å². The number of nitrogens with zero attached hydrogens (tertiary/aromatic N) is 2. The van der Waals surface area contributed by atoms with E-state index in [9.17, 15) is 9.59 Å². The monoisotopic (exact) mass is 414 g/mol. The number of carbonyl (C=O) groups excluding carboxylic acids is 2. The summed E-state index contributed by atoms with van der Waals surface area (Å²) >= 11 is 6.12. The summed E-state index contributed by atoms with van der Waals surface area (Å²) in [5, 5.41) is 6.38. The molecule has 0 saturated carbocycles. The van der Waals surface area contributed by atoms with Crippen molar-refractivity contribution in [2.75, 3.05) is 38.0 Å². The normalized spacial score (nSPS) is 16.2. The van der Waals surface area contributed by atoms with Crippen LogP contribution in [-0.4, -0.2) is 60.4 Å². The van der Waals surface area contributed by atoms with Crippen LogP contribution < -0.4 is 10.6 Å². The molecular weight excluding hydrogens is 388 g/mol. The van der Waals surface area contributed by atoms with Gasteiger partial charge in [-0.1, -0.05) is 54.1 Å². The maximum Gasteiger partial charge on any atom is 0.241 e. The number of halogens is 1. The topological polar surface area (TPSA) is 64.7 Å². The number of hydrogen-bond donors (Lipinski definition) is 2. The number of rotatable bonds is 7. The molecule has 0 unspecified atom stereocenters. The Bertz CT molecular complexity index is 823. The van der Waals surface area contributed by atoms with Gasteiger partial charge in [0, 0.05) is 32.7 Å². The van der Waals surface area contributed by atoms with Crippen molar-refractivity contribution in [2.45, 2.75) is 19.5 Å². The lowest BCUT2D eigenvalue weighted by Gasteiger charge is -2.37. The summed E-state index contributed by atoms with van der Waals surface area (Å²) in [5.74, 6) is -0.0565. The first kappa shape index (κ1) is 21.3. The lowest BCUT2D eigenvalue weighted by molar-refractivity contribution is -0.124. The second-order valence-corrected chi connectivity index (χ2v) is 7.63. The SMILES string of the molecule is C[C@@H](C(=O)Nc1ccccc1Cl)N1CCN(CC(=O)NCc2ccccc2)CC1. The van der Waals surface area contributed by atoms with E-state index in [0.29, 0.717) is 23.8 Å². The quantitative estimate of drug-likeness (QED) is 0.731. The molecule has 2 aromatic rings. The molecule has 154 valence electrons. The Hall–Kier alpha value is -2.41. The summed E-state index contributed by atoms with van der Waals surface area (Å²) in [6.07, 6.45) is 0. The fourth-order valence-electron chi connectivity index (χ4n) is 3.33. The molecule has 0 radical (unpaired) electrons. The number of carbonyl (C=O) groups is 2. The van der Waals surface area contributed by atoms with E-state index in [1.807, 2.05) is 49.4 Å². The zero-order valence-electron chi connectivity index (χ0n) is 16.6. The molecular formula is C22H27ClN4O2. The second-order valence-electron chi connectivity index (χ2n) is 7.22. The Morgan fingerprint density at radius 2 is 1.66 bits per heavy atom. The number of amides is 2. The Morgan fingerprint density at radius 3 is 2.34 bits per heavy atom. The molecule has 0 aromatic heterocycles. The van der Waals surface area contributed by atoms with E-state index in [0.717, 1.165) is 31.7 Å². The van der Waals surface area contributed by atoms with Gasteiger partial charge in [0.2, 0.25) is 11.8 Å². The van der Waals surface area contributed by atoms with Crippen molar-refractivity contribution in [1.29, 1.82) is 0 Å². The molecule has 0 bridgehead atoms. The van der Waals surface area contributed by atoms with E-state index < -0.39 is 0 Å². The molecule has 0 aliphatic carbocycles. The first-order chi connectivity index (χ1) is 14.0. The molecule has 1 fully saturated rings. The molecule has 2 amide bonds. The summed E-state index contributed by atoms with van der Waals surface area (Å²) in [6, 6.07) is 16.8. The molecule has 6 nitrogen and oxygen atoms in total. The first-order valence-corrected chi connectivity index (χ1v) is 10.2. The van der Waals surface area contributed by atoms with Crippen LogP contribution in [0.25, 0.3) is 0 Å². The minimum absolute atomic E-state index is 0.0202. The number of benzene rings is 2. The van der Waals surface area contributed by atoms with Gasteiger partial charge in [0.15, 0.2) is 0 Å². The number of anilines is 1. The van der Waals surface area contributed by atoms with Crippen molar-refractivity contribution >= 4 is 29.1 Å². The number of nitrogens with one attached hydrogen (secondary N) is 2. The highest BCUT2D eigenvalue weighted by molar-refractivity contribution is 6.33. The highest BCUT2D eigenvalue weighted by Gasteiger charge is 2.26. The van der Waals surface area contributed by atoms with Gasteiger partial charge in [-0.2, -0.15) is 0 Å². The molecule has 1 aliphatic heterocycles. The van der Waals surface area contributed by atoms with Crippen molar-refractivity contribution in [1.82, 2.24) is 15.1 Å². The van der Waals surface area contributed by atoms with Gasteiger partial charge in [0.05, 0.1) is 23.3 Å². The Labute approximate surface area is 176 Å². The van der Waals surface area contributed by atoms with Gasteiger partial charge < -0.3 is 10.6 Å². The summed E-state index contributed by atoms with van der Waals surface area (Å²) in [4.78, 5) is 29.0. The van der Waals surface area contributed by atoms with Gasteiger partial charge in [-0.05, 0) is 24.6 Å². The van der Waals surface area contributed by atoms with E-state index >= 15 is 0 Å². The minimum atomic E-state index is -0.264.